The molecule has 11 heavy (non-hydrogen) atoms. The Balaban J connectivity index is -0.00000000214. The first-order valence-corrected chi connectivity index (χ1v) is 1.91. The predicted octanol–water partition coefficient (Wildman–Crippen LogP) is 1.81. The van der Waals surface area contributed by atoms with Gasteiger partial charge in [0.05, 0.1) is 0 Å². The molecular formula is C4H10Ar7. The zero-order valence-electron chi connectivity index (χ0n) is 5.89. The Morgan fingerprint density at radius 3 is 0.545 bits per heavy atom. The summed E-state index contributed by atoms with van der Waals surface area (Å²) in [5, 5.41) is 0. The summed E-state index contributed by atoms with van der Waals surface area (Å²) in [5.41, 5.74) is 0. The van der Waals surface area contributed by atoms with Crippen LogP contribution in [-0.2, 0) is 0 Å². The Labute approximate surface area is 281 Å². The minimum absolute atomic E-state index is 0. The number of hydrogen-bond donors (Lipinski definition) is 0. The summed E-state index contributed by atoms with van der Waals surface area (Å²) < 4.78 is 0. The predicted molar refractivity (Wildman–Crippen MR) is 20.6 cm³/mol. The molecule has 82 valence electrons. The average Bonchev–Trinajstić information content (AvgIpc) is 1.37. The van der Waals surface area contributed by atoms with E-state index in [0.29, 0.717) is 0 Å². The molecule has 0 fully saturated rings. The molecule has 0 heterocycles. The van der Waals surface area contributed by atoms with Crippen LogP contribution < -0.4 is 0 Å². The van der Waals surface area contributed by atoms with E-state index in [-0.39, 0.29) is 264 Å². The van der Waals surface area contributed by atoms with E-state index in [1.54, 1.807) is 0 Å². The fourth-order valence-electron chi connectivity index (χ4n) is 0. The summed E-state index contributed by atoms with van der Waals surface area (Å²) in [4.78, 5) is 0. The largest absolute Gasteiger partial charge is 0.0654 e. The first-order valence-electron chi connectivity index (χ1n) is 1.91. The second-order valence-electron chi connectivity index (χ2n) is 1.000. The standard InChI is InChI=1S/C4H10.7Ar/c1-3-4-2;;;;;;;/h3-4H2,1-2H3;;;;;;;. The first-order chi connectivity index (χ1) is 1.91. The topological polar surface area (TPSA) is 0 Å². The van der Waals surface area contributed by atoms with Crippen molar-refractivity contribution in [3.8, 4) is 0 Å². The summed E-state index contributed by atoms with van der Waals surface area (Å²) in [6, 6.07) is 0. The third-order valence-corrected chi connectivity index (χ3v) is 0.500. The molecule has 0 aliphatic heterocycles. The van der Waals surface area contributed by atoms with Gasteiger partial charge in [0.1, 0.15) is 0 Å². The van der Waals surface area contributed by atoms with Crippen molar-refractivity contribution in [2.75, 3.05) is 0 Å². The van der Waals surface area contributed by atoms with Gasteiger partial charge in [-0.05, 0) is 0 Å². The maximum absolute atomic E-state index is 2.18. The molecule has 0 spiro atoms. The fraction of sp³-hybridized carbons (Fsp3) is 1.00. The zero-order valence-corrected chi connectivity index (χ0v) is 10.8. The minimum atomic E-state index is 0. The van der Waals surface area contributed by atoms with Crippen molar-refractivity contribution < 1.29 is 264 Å². The molecule has 0 aliphatic carbocycles. The van der Waals surface area contributed by atoms with Crippen LogP contribution in [0, 0.1) is 264 Å². The van der Waals surface area contributed by atoms with Gasteiger partial charge in [0.15, 0.2) is 0 Å². The molecule has 0 saturated carbocycles. The maximum Gasteiger partial charge on any atom is 0 e. The fourth-order valence-corrected chi connectivity index (χ4v) is 0. The molecule has 0 atom stereocenters. The second kappa shape index (κ2) is 51.1. The van der Waals surface area contributed by atoms with Crippen LogP contribution in [0.25, 0.3) is 0 Å². The Morgan fingerprint density at radius 1 is 0.455 bits per heavy atom. The number of hydrogen-bond acceptors (Lipinski definition) is 0. The van der Waals surface area contributed by atoms with E-state index < -0.39 is 0 Å². The third kappa shape index (κ3) is 55.2. The Kier molecular flexibility index (Phi) is 233. The van der Waals surface area contributed by atoms with Crippen LogP contribution in [0.15, 0.2) is 0 Å². The van der Waals surface area contributed by atoms with Gasteiger partial charge in [-0.15, -0.1) is 0 Å². The summed E-state index contributed by atoms with van der Waals surface area (Å²) in [6.45, 7) is 4.36. The van der Waals surface area contributed by atoms with Crippen LogP contribution in [-0.4, -0.2) is 0 Å². The van der Waals surface area contributed by atoms with E-state index in [1.807, 2.05) is 0 Å². The van der Waals surface area contributed by atoms with Crippen molar-refractivity contribution >= 4 is 0 Å². The quantitative estimate of drug-likeness (QED) is 0.684. The minimum Gasteiger partial charge on any atom is -0.0654 e. The van der Waals surface area contributed by atoms with E-state index in [1.165, 1.54) is 12.8 Å². The smallest absolute Gasteiger partial charge is 0 e. The summed E-state index contributed by atoms with van der Waals surface area (Å²) in [7, 11) is 0. The zero-order chi connectivity index (χ0) is 3.41. The Bertz CT molecular complexity index is 12.4. The van der Waals surface area contributed by atoms with Crippen LogP contribution in [0.3, 0.4) is 0 Å². The molecule has 0 aromatic heterocycles. The maximum atomic E-state index is 2.18. The molecule has 7 heteroatoms. The van der Waals surface area contributed by atoms with Gasteiger partial charge in [0.2, 0.25) is 0 Å². The van der Waals surface area contributed by atoms with Gasteiger partial charge in [-0.25, -0.2) is 0 Å². The normalized spacial score (nSPS) is 2.73. The molecule has 0 N–H and O–H groups in total. The van der Waals surface area contributed by atoms with E-state index in [9.17, 15) is 0 Å². The summed E-state index contributed by atoms with van der Waals surface area (Å²) >= 11 is 0. The molecule has 0 saturated heterocycles. The van der Waals surface area contributed by atoms with Crippen molar-refractivity contribution in [2.45, 2.75) is 26.7 Å². The van der Waals surface area contributed by atoms with E-state index >= 15 is 0 Å². The van der Waals surface area contributed by atoms with Gasteiger partial charge < -0.3 is 0 Å². The van der Waals surface area contributed by atoms with Crippen molar-refractivity contribution in [1.29, 1.82) is 0 Å². The summed E-state index contributed by atoms with van der Waals surface area (Å²) in [6.07, 6.45) is 2.64. The van der Waals surface area contributed by atoms with Crippen LogP contribution in [0.4, 0.5) is 0 Å². The Morgan fingerprint density at radius 2 is 0.545 bits per heavy atom. The molecule has 0 bridgehead atoms. The SMILES string of the molecule is CCCC.[Ar].[Ar].[Ar].[Ar].[Ar].[Ar].[Ar]. The average molecular weight is 338 g/mol. The molecule has 0 nitrogen and oxygen atoms in total. The molecule has 0 amide bonds. The van der Waals surface area contributed by atoms with E-state index in [2.05, 4.69) is 13.8 Å². The summed E-state index contributed by atoms with van der Waals surface area (Å²) in [5.74, 6) is 0. The van der Waals surface area contributed by atoms with E-state index in [0.717, 1.165) is 0 Å². The number of unbranched alkanes of at least 4 members (excludes halogenated alkanes) is 1. The molecular weight excluding hydrogens is 328 g/mol. The second-order valence-corrected chi connectivity index (χ2v) is 1.000. The van der Waals surface area contributed by atoms with Crippen LogP contribution >= 0.6 is 0 Å². The van der Waals surface area contributed by atoms with E-state index in [4.69, 9.17) is 0 Å². The van der Waals surface area contributed by atoms with Crippen LogP contribution in [0.5, 0.6) is 0 Å². The van der Waals surface area contributed by atoms with Crippen LogP contribution in [0.2, 0.25) is 0 Å². The molecule has 0 rings (SSSR count). The van der Waals surface area contributed by atoms with Crippen molar-refractivity contribution in [3.05, 3.63) is 0 Å². The first kappa shape index (κ1) is 50.2. The molecule has 0 unspecified atom stereocenters. The van der Waals surface area contributed by atoms with Gasteiger partial charge in [0, 0.05) is 264 Å². The van der Waals surface area contributed by atoms with Gasteiger partial charge in [0.25, 0.3) is 0 Å². The molecule has 0 radical (unpaired) electrons. The third-order valence-electron chi connectivity index (χ3n) is 0.500. The number of rotatable bonds is 1. The molecule has 0 aromatic carbocycles. The monoisotopic (exact) mass is 338 g/mol. The molecule has 0 aromatic rings. The van der Waals surface area contributed by atoms with Gasteiger partial charge >= 0.3 is 0 Å². The van der Waals surface area contributed by atoms with Crippen LogP contribution in [0.1, 0.15) is 26.7 Å². The molecule has 0 aliphatic rings. The van der Waals surface area contributed by atoms with Crippen molar-refractivity contribution in [2.24, 2.45) is 0 Å². The Hall–Kier alpha value is 8.82. The van der Waals surface area contributed by atoms with Crippen molar-refractivity contribution in [1.82, 2.24) is 0 Å². The van der Waals surface area contributed by atoms with Crippen molar-refractivity contribution in [3.63, 3.8) is 0 Å². The van der Waals surface area contributed by atoms with Gasteiger partial charge in [-0.3, -0.25) is 0 Å². The van der Waals surface area contributed by atoms with Gasteiger partial charge in [-0.1, -0.05) is 26.7 Å². The van der Waals surface area contributed by atoms with Gasteiger partial charge in [-0.2, -0.15) is 0 Å².